The van der Waals surface area contributed by atoms with Crippen molar-refractivity contribution in [2.24, 2.45) is 0 Å². The van der Waals surface area contributed by atoms with Crippen LogP contribution in [0.2, 0.25) is 0 Å². The normalized spacial score (nSPS) is 11.9. The zero-order chi connectivity index (χ0) is 19.0. The Kier molecular flexibility index (Phi) is 4.65. The Labute approximate surface area is 163 Å². The summed E-state index contributed by atoms with van der Waals surface area (Å²) in [6.07, 6.45) is 1.04. The maximum Gasteiger partial charge on any atom is 0.0414 e. The van der Waals surface area contributed by atoms with E-state index in [-0.39, 0.29) is 0 Å². The summed E-state index contributed by atoms with van der Waals surface area (Å²) >= 11 is 0. The summed E-state index contributed by atoms with van der Waals surface area (Å²) < 4.78 is 0. The molecule has 0 fully saturated rings. The van der Waals surface area contributed by atoms with E-state index >= 15 is 0 Å². The van der Waals surface area contributed by atoms with Gasteiger partial charge in [0.25, 0.3) is 0 Å². The number of hydrogen-bond donors (Lipinski definition) is 0. The molecule has 0 bridgehead atoms. The maximum absolute atomic E-state index is 2.42. The van der Waals surface area contributed by atoms with Crippen molar-refractivity contribution >= 4 is 17.1 Å². The lowest BCUT2D eigenvalue weighted by molar-refractivity contribution is 0.865. The van der Waals surface area contributed by atoms with Crippen LogP contribution in [0.15, 0.2) is 60.7 Å². The summed E-state index contributed by atoms with van der Waals surface area (Å²) in [6, 6.07) is 22.6. The molecule has 0 saturated heterocycles. The monoisotopic (exact) mass is 356 g/mol. The van der Waals surface area contributed by atoms with E-state index in [1.807, 2.05) is 0 Å². The first kappa shape index (κ1) is 17.7. The first-order valence-electron chi connectivity index (χ1n) is 9.92. The summed E-state index contributed by atoms with van der Waals surface area (Å²) in [7, 11) is 2.14. The molecule has 0 aliphatic heterocycles. The third-order valence-electron chi connectivity index (χ3n) is 5.79. The van der Waals surface area contributed by atoms with Gasteiger partial charge in [-0.15, -0.1) is 0 Å². The fourth-order valence-corrected chi connectivity index (χ4v) is 4.08. The molecule has 138 valence electrons. The summed E-state index contributed by atoms with van der Waals surface area (Å²) in [5, 5.41) is 0. The average Bonchev–Trinajstić information content (AvgIpc) is 3.06. The van der Waals surface area contributed by atoms with Crippen LogP contribution in [0.3, 0.4) is 0 Å². The Morgan fingerprint density at radius 1 is 0.704 bits per heavy atom. The van der Waals surface area contributed by atoms with Crippen LogP contribution in [0.1, 0.15) is 30.5 Å². The van der Waals surface area contributed by atoms with Gasteiger partial charge in [0, 0.05) is 37.2 Å². The van der Waals surface area contributed by atoms with Crippen LogP contribution < -0.4 is 9.80 Å². The molecule has 0 saturated carbocycles. The highest BCUT2D eigenvalue weighted by Gasteiger charge is 2.20. The number of fused-ring (bicyclic) bond motifs is 3. The van der Waals surface area contributed by atoms with E-state index in [0.29, 0.717) is 0 Å². The lowest BCUT2D eigenvalue weighted by Gasteiger charge is -2.22. The quantitative estimate of drug-likeness (QED) is 0.421. The molecule has 0 amide bonds. The predicted octanol–water partition coefficient (Wildman–Crippen LogP) is 6.18. The molecule has 2 nitrogen and oxygen atoms in total. The fourth-order valence-electron chi connectivity index (χ4n) is 4.08. The number of rotatable bonds is 5. The van der Waals surface area contributed by atoms with E-state index in [2.05, 4.69) is 98.3 Å². The van der Waals surface area contributed by atoms with Crippen LogP contribution in [0.4, 0.5) is 17.1 Å². The van der Waals surface area contributed by atoms with E-state index in [4.69, 9.17) is 0 Å². The summed E-state index contributed by atoms with van der Waals surface area (Å²) in [5.74, 6) is 0. The lowest BCUT2D eigenvalue weighted by atomic mass is 10.0. The highest BCUT2D eigenvalue weighted by molar-refractivity contribution is 5.82. The molecule has 2 heteroatoms. The molecule has 3 aromatic rings. The molecule has 1 aliphatic carbocycles. The van der Waals surface area contributed by atoms with Gasteiger partial charge in [-0.1, -0.05) is 29.8 Å². The predicted molar refractivity (Wildman–Crippen MR) is 117 cm³/mol. The van der Waals surface area contributed by atoms with Crippen LogP contribution in [0, 0.1) is 6.92 Å². The van der Waals surface area contributed by atoms with Gasteiger partial charge in [0.05, 0.1) is 0 Å². The molecule has 0 unspecified atom stereocenters. The van der Waals surface area contributed by atoms with Gasteiger partial charge >= 0.3 is 0 Å². The number of nitrogens with zero attached hydrogens (tertiary/aromatic N) is 2. The SMILES string of the molecule is CCN(CC)c1ccc2c(c1)Cc1ccc(N(C)c3ccc(C)cc3)cc1-2. The summed E-state index contributed by atoms with van der Waals surface area (Å²) in [6.45, 7) is 8.67. The van der Waals surface area contributed by atoms with E-state index < -0.39 is 0 Å². The number of aryl methyl sites for hydroxylation is 1. The van der Waals surface area contributed by atoms with Gasteiger partial charge in [-0.05, 0) is 85.8 Å². The minimum atomic E-state index is 1.04. The molecule has 0 heterocycles. The molecule has 27 heavy (non-hydrogen) atoms. The first-order chi connectivity index (χ1) is 13.1. The molecular weight excluding hydrogens is 328 g/mol. The van der Waals surface area contributed by atoms with Crippen molar-refractivity contribution in [3.63, 3.8) is 0 Å². The molecular formula is C25H28N2. The fraction of sp³-hybridized carbons (Fsp3) is 0.280. The van der Waals surface area contributed by atoms with Gasteiger partial charge < -0.3 is 9.80 Å². The van der Waals surface area contributed by atoms with E-state index in [0.717, 1.165) is 19.5 Å². The van der Waals surface area contributed by atoms with E-state index in [9.17, 15) is 0 Å². The highest BCUT2D eigenvalue weighted by atomic mass is 15.1. The van der Waals surface area contributed by atoms with Gasteiger partial charge in [-0.3, -0.25) is 0 Å². The number of anilines is 3. The van der Waals surface area contributed by atoms with Crippen molar-refractivity contribution in [1.82, 2.24) is 0 Å². The molecule has 0 radical (unpaired) electrons. The van der Waals surface area contributed by atoms with Crippen LogP contribution in [-0.4, -0.2) is 20.1 Å². The third kappa shape index (κ3) is 3.21. The smallest absolute Gasteiger partial charge is 0.0414 e. The zero-order valence-corrected chi connectivity index (χ0v) is 16.8. The molecule has 4 rings (SSSR count). The van der Waals surface area contributed by atoms with E-state index in [1.54, 1.807) is 0 Å². The molecule has 1 aliphatic rings. The standard InChI is InChI=1S/C25H28N2/c1-5-27(6-2)23-13-14-24-20(16-23)15-19-9-12-22(17-25(19)24)26(4)21-10-7-18(3)8-11-21/h7-14,16-17H,5-6,15H2,1-4H3. The van der Waals surface area contributed by atoms with Crippen molar-refractivity contribution in [2.45, 2.75) is 27.2 Å². The molecule has 0 N–H and O–H groups in total. The second kappa shape index (κ2) is 7.11. The van der Waals surface area contributed by atoms with Gasteiger partial charge in [0.1, 0.15) is 0 Å². The van der Waals surface area contributed by atoms with Gasteiger partial charge in [0.2, 0.25) is 0 Å². The van der Waals surface area contributed by atoms with Crippen molar-refractivity contribution < 1.29 is 0 Å². The Balaban J connectivity index is 1.68. The van der Waals surface area contributed by atoms with Crippen LogP contribution >= 0.6 is 0 Å². The molecule has 0 aromatic heterocycles. The highest BCUT2D eigenvalue weighted by Crippen LogP contribution is 2.41. The van der Waals surface area contributed by atoms with Crippen LogP contribution in [-0.2, 0) is 6.42 Å². The summed E-state index contributed by atoms with van der Waals surface area (Å²) in [5.41, 5.74) is 10.7. The van der Waals surface area contributed by atoms with Gasteiger partial charge in [-0.2, -0.15) is 0 Å². The maximum atomic E-state index is 2.42. The van der Waals surface area contributed by atoms with Crippen LogP contribution in [0.5, 0.6) is 0 Å². The molecule has 3 aromatic carbocycles. The molecule has 0 spiro atoms. The van der Waals surface area contributed by atoms with Crippen molar-refractivity contribution in [2.75, 3.05) is 29.9 Å². The topological polar surface area (TPSA) is 6.48 Å². The Hall–Kier alpha value is -2.74. The van der Waals surface area contributed by atoms with Crippen molar-refractivity contribution in [3.8, 4) is 11.1 Å². The summed E-state index contributed by atoms with van der Waals surface area (Å²) in [4.78, 5) is 4.68. The Morgan fingerprint density at radius 3 is 2.07 bits per heavy atom. The first-order valence-corrected chi connectivity index (χ1v) is 9.92. The zero-order valence-electron chi connectivity index (χ0n) is 16.8. The minimum Gasteiger partial charge on any atom is -0.372 e. The van der Waals surface area contributed by atoms with Crippen molar-refractivity contribution in [3.05, 3.63) is 77.4 Å². The third-order valence-corrected chi connectivity index (χ3v) is 5.79. The second-order valence-electron chi connectivity index (χ2n) is 7.43. The van der Waals surface area contributed by atoms with Crippen molar-refractivity contribution in [1.29, 1.82) is 0 Å². The number of benzene rings is 3. The number of hydrogen-bond acceptors (Lipinski definition) is 2. The minimum absolute atomic E-state index is 1.04. The Bertz CT molecular complexity index is 953. The lowest BCUT2D eigenvalue weighted by Crippen LogP contribution is -2.21. The van der Waals surface area contributed by atoms with Gasteiger partial charge in [0.15, 0.2) is 0 Å². The Morgan fingerprint density at radius 2 is 1.37 bits per heavy atom. The molecule has 0 atom stereocenters. The van der Waals surface area contributed by atoms with Gasteiger partial charge in [-0.25, -0.2) is 0 Å². The second-order valence-corrected chi connectivity index (χ2v) is 7.43. The largest absolute Gasteiger partial charge is 0.372 e. The average molecular weight is 357 g/mol. The van der Waals surface area contributed by atoms with Crippen LogP contribution in [0.25, 0.3) is 11.1 Å². The van der Waals surface area contributed by atoms with E-state index in [1.165, 1.54) is 44.9 Å².